The Hall–Kier alpha value is -3.16. The zero-order chi connectivity index (χ0) is 15.4. The first-order chi connectivity index (χ1) is 9.97. The number of rotatable bonds is 4. The number of hydrogen-bond donors (Lipinski definition) is 3. The van der Waals surface area contributed by atoms with E-state index in [0.29, 0.717) is 11.4 Å². The number of pyridine rings is 1. The number of nitrogen functional groups attached to an aromatic ring is 1. The van der Waals surface area contributed by atoms with Crippen molar-refractivity contribution >= 4 is 23.0 Å². The number of aromatic nitrogens is 1. The van der Waals surface area contributed by atoms with E-state index in [4.69, 9.17) is 5.73 Å². The van der Waals surface area contributed by atoms with Crippen LogP contribution in [-0.4, -0.2) is 20.9 Å². The fraction of sp³-hybridized carbons (Fsp3) is 0.0769. The Balaban J connectivity index is 2.16. The van der Waals surface area contributed by atoms with Gasteiger partial charge in [0.05, 0.1) is 23.2 Å². The fourth-order valence-corrected chi connectivity index (χ4v) is 1.70. The highest BCUT2D eigenvalue weighted by atomic mass is 16.6. The molecule has 1 aromatic carbocycles. The number of nitrogens with zero attached hydrogens (tertiary/aromatic N) is 2. The normalized spacial score (nSPS) is 10.1. The summed E-state index contributed by atoms with van der Waals surface area (Å²) < 4.78 is 0. The molecule has 108 valence electrons. The minimum atomic E-state index is -0.684. The fourth-order valence-electron chi connectivity index (χ4n) is 1.70. The first-order valence-electron chi connectivity index (χ1n) is 5.94. The molecule has 1 heterocycles. The third-order valence-corrected chi connectivity index (χ3v) is 2.67. The number of anilines is 2. The van der Waals surface area contributed by atoms with Crippen LogP contribution in [0.4, 0.5) is 17.1 Å². The Labute approximate surface area is 119 Å². The van der Waals surface area contributed by atoms with Crippen molar-refractivity contribution in [2.24, 2.45) is 0 Å². The first-order valence-corrected chi connectivity index (χ1v) is 5.94. The number of phenolic OH excluding ortho intramolecular Hbond substituents is 1. The second kappa shape index (κ2) is 5.87. The number of benzene rings is 1. The molecule has 0 aliphatic rings. The van der Waals surface area contributed by atoms with Crippen LogP contribution in [0, 0.1) is 10.1 Å². The Morgan fingerprint density at radius 3 is 2.76 bits per heavy atom. The van der Waals surface area contributed by atoms with Gasteiger partial charge in [-0.1, -0.05) is 6.07 Å². The maximum Gasteiger partial charge on any atom is 0.296 e. The summed E-state index contributed by atoms with van der Waals surface area (Å²) in [5, 5.41) is 22.8. The number of nitro groups is 1. The zero-order valence-electron chi connectivity index (χ0n) is 10.8. The highest BCUT2D eigenvalue weighted by Gasteiger charge is 2.19. The van der Waals surface area contributed by atoms with Gasteiger partial charge in [-0.25, -0.2) is 0 Å². The van der Waals surface area contributed by atoms with Crippen LogP contribution in [0.1, 0.15) is 5.69 Å². The van der Waals surface area contributed by atoms with Crippen LogP contribution in [-0.2, 0) is 11.2 Å². The number of nitrogens with two attached hydrogens (primary N) is 1. The van der Waals surface area contributed by atoms with Crippen molar-refractivity contribution in [1.29, 1.82) is 0 Å². The van der Waals surface area contributed by atoms with Crippen LogP contribution in [0.5, 0.6) is 5.75 Å². The van der Waals surface area contributed by atoms with E-state index >= 15 is 0 Å². The Kier molecular flexibility index (Phi) is 3.98. The smallest absolute Gasteiger partial charge is 0.296 e. The quantitative estimate of drug-likeness (QED) is 0.443. The van der Waals surface area contributed by atoms with E-state index < -0.39 is 10.8 Å². The third kappa shape index (κ3) is 3.44. The van der Waals surface area contributed by atoms with E-state index in [1.54, 1.807) is 12.1 Å². The van der Waals surface area contributed by atoms with Gasteiger partial charge in [0.2, 0.25) is 5.91 Å². The number of para-hydroxylation sites is 1. The van der Waals surface area contributed by atoms with Crippen LogP contribution < -0.4 is 11.1 Å². The Morgan fingerprint density at radius 2 is 2.14 bits per heavy atom. The van der Waals surface area contributed by atoms with Gasteiger partial charge >= 0.3 is 0 Å². The van der Waals surface area contributed by atoms with Gasteiger partial charge in [-0.3, -0.25) is 19.9 Å². The SMILES string of the molecule is Nc1ccc(CC(=O)Nc2c(O)cccc2[N+](=O)[O-])nc1. The van der Waals surface area contributed by atoms with Gasteiger partial charge in [0.25, 0.3) is 5.69 Å². The standard InChI is InChI=1S/C13H12N4O4/c14-8-4-5-9(15-7-8)6-12(19)16-13-10(17(20)21)2-1-3-11(13)18/h1-5,7,18H,6,14H2,(H,16,19). The van der Waals surface area contributed by atoms with Crippen LogP contribution in [0.25, 0.3) is 0 Å². The van der Waals surface area contributed by atoms with Gasteiger partial charge in [0, 0.05) is 11.8 Å². The molecule has 8 nitrogen and oxygen atoms in total. The molecule has 0 bridgehead atoms. The van der Waals surface area contributed by atoms with Crippen molar-refractivity contribution in [2.45, 2.75) is 6.42 Å². The number of carbonyl (C=O) groups excluding carboxylic acids is 1. The van der Waals surface area contributed by atoms with Crippen LogP contribution in [0.15, 0.2) is 36.5 Å². The maximum atomic E-state index is 11.9. The number of amides is 1. The summed E-state index contributed by atoms with van der Waals surface area (Å²) in [5.74, 6) is -0.903. The zero-order valence-corrected chi connectivity index (χ0v) is 10.8. The van der Waals surface area contributed by atoms with E-state index in [1.807, 2.05) is 0 Å². The molecule has 1 amide bonds. The highest BCUT2D eigenvalue weighted by molar-refractivity contribution is 5.96. The van der Waals surface area contributed by atoms with E-state index in [0.717, 1.165) is 0 Å². The lowest BCUT2D eigenvalue weighted by molar-refractivity contribution is -0.384. The van der Waals surface area contributed by atoms with Crippen molar-refractivity contribution < 1.29 is 14.8 Å². The maximum absolute atomic E-state index is 11.9. The Morgan fingerprint density at radius 1 is 1.38 bits per heavy atom. The third-order valence-electron chi connectivity index (χ3n) is 2.67. The number of aromatic hydroxyl groups is 1. The monoisotopic (exact) mass is 288 g/mol. The minimum absolute atomic E-state index is 0.0915. The molecule has 0 aliphatic carbocycles. The molecule has 2 rings (SSSR count). The summed E-state index contributed by atoms with van der Waals surface area (Å²) in [7, 11) is 0. The van der Waals surface area contributed by atoms with Crippen LogP contribution in [0.3, 0.4) is 0 Å². The number of carbonyl (C=O) groups is 1. The molecule has 0 saturated heterocycles. The molecule has 2 aromatic rings. The van der Waals surface area contributed by atoms with E-state index in [1.165, 1.54) is 24.4 Å². The van der Waals surface area contributed by atoms with Crippen molar-refractivity contribution in [3.63, 3.8) is 0 Å². The molecule has 0 atom stereocenters. The molecule has 0 aliphatic heterocycles. The summed E-state index contributed by atoms with van der Waals surface area (Å²) >= 11 is 0. The van der Waals surface area contributed by atoms with Crippen molar-refractivity contribution in [2.75, 3.05) is 11.1 Å². The predicted octanol–water partition coefficient (Wildman–Crippen LogP) is 1.46. The average molecular weight is 288 g/mol. The van der Waals surface area contributed by atoms with Crippen molar-refractivity contribution in [3.8, 4) is 5.75 Å². The van der Waals surface area contributed by atoms with Gasteiger partial charge in [0.15, 0.2) is 5.69 Å². The second-order valence-corrected chi connectivity index (χ2v) is 4.24. The van der Waals surface area contributed by atoms with Gasteiger partial charge in [0.1, 0.15) is 5.75 Å². The lowest BCUT2D eigenvalue weighted by Crippen LogP contribution is -2.16. The molecule has 0 fully saturated rings. The summed E-state index contributed by atoms with van der Waals surface area (Å²) in [6.45, 7) is 0. The summed E-state index contributed by atoms with van der Waals surface area (Å²) in [6, 6.07) is 6.94. The summed E-state index contributed by atoms with van der Waals surface area (Å²) in [4.78, 5) is 26.0. The molecular formula is C13H12N4O4. The summed E-state index contributed by atoms with van der Waals surface area (Å²) in [5.41, 5.74) is 5.79. The van der Waals surface area contributed by atoms with Gasteiger partial charge in [-0.05, 0) is 18.2 Å². The van der Waals surface area contributed by atoms with Gasteiger partial charge in [-0.15, -0.1) is 0 Å². The largest absolute Gasteiger partial charge is 0.505 e. The Bertz CT molecular complexity index is 685. The minimum Gasteiger partial charge on any atom is -0.505 e. The predicted molar refractivity (Wildman–Crippen MR) is 75.7 cm³/mol. The summed E-state index contributed by atoms with van der Waals surface area (Å²) in [6.07, 6.45) is 1.32. The lowest BCUT2D eigenvalue weighted by Gasteiger charge is -2.07. The number of phenols is 1. The molecule has 8 heteroatoms. The number of nitrogens with one attached hydrogen (secondary N) is 1. The molecule has 1 aromatic heterocycles. The van der Waals surface area contributed by atoms with Gasteiger partial charge in [-0.2, -0.15) is 0 Å². The topological polar surface area (TPSA) is 131 Å². The molecule has 0 saturated carbocycles. The molecular weight excluding hydrogens is 276 g/mol. The molecule has 21 heavy (non-hydrogen) atoms. The van der Waals surface area contributed by atoms with Gasteiger partial charge < -0.3 is 16.2 Å². The van der Waals surface area contributed by atoms with E-state index in [9.17, 15) is 20.0 Å². The molecule has 0 radical (unpaired) electrons. The lowest BCUT2D eigenvalue weighted by atomic mass is 10.2. The highest BCUT2D eigenvalue weighted by Crippen LogP contribution is 2.33. The number of hydrogen-bond acceptors (Lipinski definition) is 6. The molecule has 0 spiro atoms. The first kappa shape index (κ1) is 14.3. The van der Waals surface area contributed by atoms with Crippen LogP contribution in [0.2, 0.25) is 0 Å². The second-order valence-electron chi connectivity index (χ2n) is 4.24. The molecule has 4 N–H and O–H groups in total. The van der Waals surface area contributed by atoms with E-state index in [-0.39, 0.29) is 23.5 Å². The van der Waals surface area contributed by atoms with Crippen LogP contribution >= 0.6 is 0 Å². The number of nitro benzene ring substituents is 1. The molecule has 0 unspecified atom stereocenters. The van der Waals surface area contributed by atoms with E-state index in [2.05, 4.69) is 10.3 Å². The average Bonchev–Trinajstić information content (AvgIpc) is 2.43. The van der Waals surface area contributed by atoms with Crippen molar-refractivity contribution in [3.05, 3.63) is 52.3 Å². The van der Waals surface area contributed by atoms with Crippen molar-refractivity contribution in [1.82, 2.24) is 4.98 Å².